The first-order valence-electron chi connectivity index (χ1n) is 4.95. The number of aliphatic hydroxyl groups is 1. The van der Waals surface area contributed by atoms with E-state index in [1.165, 1.54) is 0 Å². The molecule has 0 aliphatic carbocycles. The molecule has 1 saturated heterocycles. The number of carbonyl (C=O) groups is 1. The van der Waals surface area contributed by atoms with Crippen molar-refractivity contribution in [3.05, 3.63) is 0 Å². The van der Waals surface area contributed by atoms with Crippen molar-refractivity contribution >= 4 is 6.03 Å². The maximum Gasteiger partial charge on any atom is 0.317 e. The van der Waals surface area contributed by atoms with Crippen LogP contribution in [-0.4, -0.2) is 41.8 Å². The lowest BCUT2D eigenvalue weighted by Gasteiger charge is -2.28. The summed E-state index contributed by atoms with van der Waals surface area (Å²) in [4.78, 5) is 13.0. The van der Waals surface area contributed by atoms with Crippen LogP contribution in [0.1, 0.15) is 26.2 Å². The Labute approximate surface area is 78.9 Å². The van der Waals surface area contributed by atoms with Crippen molar-refractivity contribution in [2.75, 3.05) is 19.6 Å². The minimum atomic E-state index is -0.269. The van der Waals surface area contributed by atoms with Gasteiger partial charge < -0.3 is 15.3 Å². The van der Waals surface area contributed by atoms with E-state index in [2.05, 4.69) is 5.32 Å². The fraction of sp³-hybridized carbons (Fsp3) is 0.889. The number of hydrogen-bond acceptors (Lipinski definition) is 2. The first-order chi connectivity index (χ1) is 6.24. The van der Waals surface area contributed by atoms with Crippen molar-refractivity contribution in [1.29, 1.82) is 0 Å². The largest absolute Gasteiger partial charge is 0.393 e. The van der Waals surface area contributed by atoms with Crippen molar-refractivity contribution in [2.45, 2.75) is 32.3 Å². The quantitative estimate of drug-likeness (QED) is 0.674. The topological polar surface area (TPSA) is 52.6 Å². The summed E-state index contributed by atoms with van der Waals surface area (Å²) in [5.41, 5.74) is 0. The molecule has 1 aliphatic rings. The minimum Gasteiger partial charge on any atom is -0.393 e. The van der Waals surface area contributed by atoms with Gasteiger partial charge >= 0.3 is 6.03 Å². The number of nitrogens with one attached hydrogen (secondary N) is 1. The second-order valence-electron chi connectivity index (χ2n) is 3.42. The van der Waals surface area contributed by atoms with Crippen LogP contribution in [0.4, 0.5) is 4.79 Å². The molecule has 13 heavy (non-hydrogen) atoms. The Morgan fingerprint density at radius 1 is 1.69 bits per heavy atom. The normalized spacial score (nSPS) is 19.8. The lowest BCUT2D eigenvalue weighted by atomic mass is 10.2. The molecule has 1 fully saturated rings. The number of urea groups is 1. The van der Waals surface area contributed by atoms with Crippen LogP contribution >= 0.6 is 0 Å². The molecule has 2 N–H and O–H groups in total. The number of carbonyl (C=O) groups excluding carboxylic acids is 1. The Kier molecular flexibility index (Phi) is 4.02. The monoisotopic (exact) mass is 186 g/mol. The fourth-order valence-corrected chi connectivity index (χ4v) is 1.40. The highest BCUT2D eigenvalue weighted by atomic mass is 16.3. The van der Waals surface area contributed by atoms with E-state index in [-0.39, 0.29) is 12.1 Å². The smallest absolute Gasteiger partial charge is 0.317 e. The summed E-state index contributed by atoms with van der Waals surface area (Å²) in [6, 6.07) is 0.00885. The van der Waals surface area contributed by atoms with E-state index in [0.717, 1.165) is 25.9 Å². The van der Waals surface area contributed by atoms with Crippen molar-refractivity contribution in [1.82, 2.24) is 10.2 Å². The fourth-order valence-electron chi connectivity index (χ4n) is 1.40. The predicted molar refractivity (Wildman–Crippen MR) is 50.5 cm³/mol. The third-order valence-corrected chi connectivity index (χ3v) is 2.37. The van der Waals surface area contributed by atoms with Crippen molar-refractivity contribution in [3.8, 4) is 0 Å². The lowest BCUT2D eigenvalue weighted by Crippen LogP contribution is -2.47. The van der Waals surface area contributed by atoms with Crippen molar-refractivity contribution in [3.63, 3.8) is 0 Å². The second kappa shape index (κ2) is 5.07. The van der Waals surface area contributed by atoms with E-state index < -0.39 is 0 Å². The molecule has 0 aromatic carbocycles. The third-order valence-electron chi connectivity index (χ3n) is 2.37. The zero-order valence-electron chi connectivity index (χ0n) is 8.12. The second-order valence-corrected chi connectivity index (χ2v) is 3.42. The first-order valence-corrected chi connectivity index (χ1v) is 4.95. The number of amides is 2. The molecule has 1 atom stereocenters. The molecule has 76 valence electrons. The van der Waals surface area contributed by atoms with Crippen LogP contribution < -0.4 is 5.32 Å². The molecule has 4 nitrogen and oxygen atoms in total. The van der Waals surface area contributed by atoms with Gasteiger partial charge in [-0.1, -0.05) is 6.92 Å². The van der Waals surface area contributed by atoms with E-state index in [1.807, 2.05) is 6.92 Å². The van der Waals surface area contributed by atoms with Gasteiger partial charge in [-0.2, -0.15) is 0 Å². The van der Waals surface area contributed by atoms with Crippen LogP contribution in [0.2, 0.25) is 0 Å². The van der Waals surface area contributed by atoms with Gasteiger partial charge in [0.25, 0.3) is 0 Å². The first kappa shape index (κ1) is 10.3. The van der Waals surface area contributed by atoms with Crippen LogP contribution in [0.5, 0.6) is 0 Å². The highest BCUT2D eigenvalue weighted by Gasteiger charge is 2.17. The Bertz CT molecular complexity index is 173. The number of hydrogen-bond donors (Lipinski definition) is 2. The molecule has 0 aromatic heterocycles. The Morgan fingerprint density at radius 3 is 3.08 bits per heavy atom. The van der Waals surface area contributed by atoms with E-state index in [0.29, 0.717) is 13.0 Å². The van der Waals surface area contributed by atoms with E-state index in [1.54, 1.807) is 4.90 Å². The standard InChI is InChI=1S/C9H18N2O2/c1-2-8(12)4-7-11-6-3-5-10-9(11)13/h8,12H,2-7H2,1H3,(H,10,13). The summed E-state index contributed by atoms with van der Waals surface area (Å²) >= 11 is 0. The highest BCUT2D eigenvalue weighted by Crippen LogP contribution is 2.03. The van der Waals surface area contributed by atoms with Crippen LogP contribution in [0, 0.1) is 0 Å². The Balaban J connectivity index is 2.22. The molecule has 0 radical (unpaired) electrons. The molecule has 1 heterocycles. The molecule has 2 amide bonds. The van der Waals surface area contributed by atoms with Crippen LogP contribution in [0.25, 0.3) is 0 Å². The molecular weight excluding hydrogens is 168 g/mol. The molecule has 0 aromatic rings. The molecule has 1 aliphatic heterocycles. The summed E-state index contributed by atoms with van der Waals surface area (Å²) in [6.07, 6.45) is 2.18. The maximum atomic E-state index is 11.2. The zero-order valence-corrected chi connectivity index (χ0v) is 8.12. The van der Waals surface area contributed by atoms with Crippen LogP contribution in [0.3, 0.4) is 0 Å². The molecule has 1 unspecified atom stereocenters. The maximum absolute atomic E-state index is 11.2. The van der Waals surface area contributed by atoms with Gasteiger partial charge in [-0.05, 0) is 19.3 Å². The summed E-state index contributed by atoms with van der Waals surface area (Å²) < 4.78 is 0. The number of nitrogens with zero attached hydrogens (tertiary/aromatic N) is 1. The highest BCUT2D eigenvalue weighted by molar-refractivity contribution is 5.74. The molecule has 0 spiro atoms. The summed E-state index contributed by atoms with van der Waals surface area (Å²) in [7, 11) is 0. The number of aliphatic hydroxyl groups excluding tert-OH is 1. The minimum absolute atomic E-state index is 0.00885. The van der Waals surface area contributed by atoms with Crippen LogP contribution in [0.15, 0.2) is 0 Å². The van der Waals surface area contributed by atoms with Gasteiger partial charge in [-0.15, -0.1) is 0 Å². The van der Waals surface area contributed by atoms with Gasteiger partial charge in [0, 0.05) is 19.6 Å². The third kappa shape index (κ3) is 3.22. The van der Waals surface area contributed by atoms with Gasteiger partial charge in [-0.3, -0.25) is 0 Å². The average molecular weight is 186 g/mol. The van der Waals surface area contributed by atoms with Crippen molar-refractivity contribution in [2.24, 2.45) is 0 Å². The molecule has 0 bridgehead atoms. The van der Waals surface area contributed by atoms with Crippen LogP contribution in [-0.2, 0) is 0 Å². The number of rotatable bonds is 4. The average Bonchev–Trinajstić information content (AvgIpc) is 2.16. The van der Waals surface area contributed by atoms with Gasteiger partial charge in [0.2, 0.25) is 0 Å². The molecule has 4 heteroatoms. The van der Waals surface area contributed by atoms with Gasteiger partial charge in [-0.25, -0.2) is 4.79 Å². The lowest BCUT2D eigenvalue weighted by molar-refractivity contribution is 0.135. The summed E-state index contributed by atoms with van der Waals surface area (Å²) in [5.74, 6) is 0. The van der Waals surface area contributed by atoms with Gasteiger partial charge in [0.05, 0.1) is 6.10 Å². The van der Waals surface area contributed by atoms with Crippen molar-refractivity contribution < 1.29 is 9.90 Å². The van der Waals surface area contributed by atoms with E-state index in [4.69, 9.17) is 0 Å². The van der Waals surface area contributed by atoms with E-state index in [9.17, 15) is 9.90 Å². The molecular formula is C9H18N2O2. The zero-order chi connectivity index (χ0) is 9.68. The van der Waals surface area contributed by atoms with E-state index >= 15 is 0 Å². The predicted octanol–water partition coefficient (Wildman–Crippen LogP) is 0.563. The summed E-state index contributed by atoms with van der Waals surface area (Å²) in [5, 5.41) is 12.1. The van der Waals surface area contributed by atoms with Gasteiger partial charge in [0.15, 0.2) is 0 Å². The summed E-state index contributed by atoms with van der Waals surface area (Å²) in [6.45, 7) is 4.22. The molecule has 0 saturated carbocycles. The Morgan fingerprint density at radius 2 is 2.46 bits per heavy atom. The Hall–Kier alpha value is -0.770. The molecule has 1 rings (SSSR count). The van der Waals surface area contributed by atoms with Gasteiger partial charge in [0.1, 0.15) is 0 Å². The SMILES string of the molecule is CCC(O)CCN1CCCNC1=O.